The molecule has 0 radical (unpaired) electrons. The fourth-order valence-corrected chi connectivity index (χ4v) is 2.95. The molecule has 0 bridgehead atoms. The Kier molecular flexibility index (Phi) is 4.90. The van der Waals surface area contributed by atoms with E-state index in [9.17, 15) is 13.2 Å². The van der Waals surface area contributed by atoms with Crippen molar-refractivity contribution < 1.29 is 13.2 Å². The Morgan fingerprint density at radius 2 is 1.65 bits per heavy atom. The van der Waals surface area contributed by atoms with Crippen LogP contribution in [0.5, 0.6) is 0 Å². The minimum atomic E-state index is -3.34. The van der Waals surface area contributed by atoms with E-state index in [0.29, 0.717) is 12.1 Å². The van der Waals surface area contributed by atoms with Gasteiger partial charge in [0.2, 0.25) is 0 Å². The lowest BCUT2D eigenvalue weighted by Crippen LogP contribution is -2.27. The number of hydrogen-bond acceptors (Lipinski definition) is 3. The van der Waals surface area contributed by atoms with E-state index < -0.39 is 9.84 Å². The van der Waals surface area contributed by atoms with Gasteiger partial charge in [0.25, 0.3) is 5.91 Å². The van der Waals surface area contributed by atoms with Crippen LogP contribution in [0, 0.1) is 13.8 Å². The zero-order chi connectivity index (χ0) is 17.2. The fraction of sp³-hybridized carbons (Fsp3) is 0.278. The molecule has 0 N–H and O–H groups in total. The van der Waals surface area contributed by atoms with Crippen molar-refractivity contribution in [1.29, 1.82) is 0 Å². The molecule has 0 atom stereocenters. The number of rotatable bonds is 4. The van der Waals surface area contributed by atoms with Gasteiger partial charge >= 0.3 is 0 Å². The van der Waals surface area contributed by atoms with Gasteiger partial charge in [-0.1, -0.05) is 35.9 Å². The lowest BCUT2D eigenvalue weighted by atomic mass is 10.1. The SMILES string of the molecule is Cc1ccc(CN(C)C(=O)c2cc(S(C)(=O)=O)ccc2C)cc1. The molecule has 2 aromatic carbocycles. The Morgan fingerprint density at radius 1 is 1.04 bits per heavy atom. The summed E-state index contributed by atoms with van der Waals surface area (Å²) in [7, 11) is -1.62. The van der Waals surface area contributed by atoms with Crippen molar-refractivity contribution in [2.45, 2.75) is 25.3 Å². The average molecular weight is 331 g/mol. The minimum absolute atomic E-state index is 0.162. The van der Waals surface area contributed by atoms with Crippen molar-refractivity contribution in [3.8, 4) is 0 Å². The van der Waals surface area contributed by atoms with E-state index in [2.05, 4.69) is 0 Å². The van der Waals surface area contributed by atoms with Gasteiger partial charge in [-0.25, -0.2) is 8.42 Å². The van der Waals surface area contributed by atoms with Gasteiger partial charge in [0, 0.05) is 25.4 Å². The third-order valence-electron chi connectivity index (χ3n) is 3.75. The van der Waals surface area contributed by atoms with Gasteiger partial charge in [0.05, 0.1) is 4.90 Å². The van der Waals surface area contributed by atoms with Crippen LogP contribution in [0.2, 0.25) is 0 Å². The first-order valence-electron chi connectivity index (χ1n) is 7.30. The number of carbonyl (C=O) groups is 1. The summed E-state index contributed by atoms with van der Waals surface area (Å²) in [6.45, 7) is 4.29. The van der Waals surface area contributed by atoms with E-state index in [-0.39, 0.29) is 10.8 Å². The third-order valence-corrected chi connectivity index (χ3v) is 4.86. The van der Waals surface area contributed by atoms with E-state index in [1.807, 2.05) is 31.2 Å². The summed E-state index contributed by atoms with van der Waals surface area (Å²) in [5.41, 5.74) is 3.38. The zero-order valence-corrected chi connectivity index (χ0v) is 14.6. The van der Waals surface area contributed by atoms with Gasteiger partial charge in [-0.15, -0.1) is 0 Å². The largest absolute Gasteiger partial charge is 0.337 e. The molecule has 23 heavy (non-hydrogen) atoms. The Hall–Kier alpha value is -2.14. The van der Waals surface area contributed by atoms with Crippen molar-refractivity contribution in [1.82, 2.24) is 4.90 Å². The van der Waals surface area contributed by atoms with Crippen LogP contribution in [0.1, 0.15) is 27.0 Å². The predicted molar refractivity (Wildman–Crippen MR) is 91.3 cm³/mol. The average Bonchev–Trinajstić information content (AvgIpc) is 2.48. The van der Waals surface area contributed by atoms with Gasteiger partial charge in [0.1, 0.15) is 0 Å². The molecule has 2 aromatic rings. The van der Waals surface area contributed by atoms with Crippen molar-refractivity contribution in [2.24, 2.45) is 0 Å². The second-order valence-electron chi connectivity index (χ2n) is 5.90. The predicted octanol–water partition coefficient (Wildman–Crippen LogP) is 2.98. The van der Waals surface area contributed by atoms with E-state index in [1.54, 1.807) is 24.9 Å². The highest BCUT2D eigenvalue weighted by Crippen LogP contribution is 2.18. The van der Waals surface area contributed by atoms with Gasteiger partial charge in [-0.2, -0.15) is 0 Å². The second kappa shape index (κ2) is 6.54. The summed E-state index contributed by atoms with van der Waals surface area (Å²) >= 11 is 0. The molecule has 0 aliphatic rings. The first kappa shape index (κ1) is 17.2. The van der Waals surface area contributed by atoms with Crippen LogP contribution < -0.4 is 0 Å². The fourth-order valence-electron chi connectivity index (χ4n) is 2.31. The van der Waals surface area contributed by atoms with Crippen LogP contribution in [0.3, 0.4) is 0 Å². The highest BCUT2D eigenvalue weighted by molar-refractivity contribution is 7.90. The Balaban J connectivity index is 2.27. The number of benzene rings is 2. The Morgan fingerprint density at radius 3 is 2.22 bits per heavy atom. The van der Waals surface area contributed by atoms with Crippen LogP contribution in [-0.2, 0) is 16.4 Å². The van der Waals surface area contributed by atoms with Crippen molar-refractivity contribution in [3.05, 3.63) is 64.7 Å². The van der Waals surface area contributed by atoms with E-state index in [4.69, 9.17) is 0 Å². The standard InChI is InChI=1S/C18H21NO3S/c1-13-5-8-15(9-6-13)12-19(3)18(20)17-11-16(23(4,21)22)10-7-14(17)2/h5-11H,12H2,1-4H3. The van der Waals surface area contributed by atoms with E-state index >= 15 is 0 Å². The molecule has 0 aliphatic carbocycles. The molecule has 4 nitrogen and oxygen atoms in total. The smallest absolute Gasteiger partial charge is 0.254 e. The van der Waals surface area contributed by atoms with Crippen LogP contribution in [-0.4, -0.2) is 32.5 Å². The molecule has 0 unspecified atom stereocenters. The highest BCUT2D eigenvalue weighted by atomic mass is 32.2. The summed E-state index contributed by atoms with van der Waals surface area (Å²) in [4.78, 5) is 14.4. The molecule has 1 amide bonds. The lowest BCUT2D eigenvalue weighted by Gasteiger charge is -2.19. The van der Waals surface area contributed by atoms with E-state index in [1.165, 1.54) is 17.7 Å². The van der Waals surface area contributed by atoms with Crippen LogP contribution >= 0.6 is 0 Å². The molecule has 5 heteroatoms. The number of carbonyl (C=O) groups excluding carboxylic acids is 1. The maximum Gasteiger partial charge on any atom is 0.254 e. The number of sulfone groups is 1. The number of aryl methyl sites for hydroxylation is 2. The zero-order valence-electron chi connectivity index (χ0n) is 13.8. The molecule has 0 spiro atoms. The normalized spacial score (nSPS) is 11.3. The molecular weight excluding hydrogens is 310 g/mol. The molecule has 0 saturated heterocycles. The maximum absolute atomic E-state index is 12.6. The summed E-state index contributed by atoms with van der Waals surface area (Å²) in [6, 6.07) is 12.6. The lowest BCUT2D eigenvalue weighted by molar-refractivity contribution is 0.0784. The molecule has 0 fully saturated rings. The van der Waals surface area contributed by atoms with Crippen molar-refractivity contribution in [2.75, 3.05) is 13.3 Å². The topological polar surface area (TPSA) is 54.5 Å². The van der Waals surface area contributed by atoms with Crippen LogP contribution in [0.25, 0.3) is 0 Å². The van der Waals surface area contributed by atoms with Crippen LogP contribution in [0.4, 0.5) is 0 Å². The summed E-state index contributed by atoms with van der Waals surface area (Å²) in [5.74, 6) is -0.187. The monoisotopic (exact) mass is 331 g/mol. The van der Waals surface area contributed by atoms with Gasteiger partial charge in [-0.05, 0) is 37.1 Å². The first-order valence-corrected chi connectivity index (χ1v) is 9.19. The minimum Gasteiger partial charge on any atom is -0.337 e. The third kappa shape index (κ3) is 4.20. The number of hydrogen-bond donors (Lipinski definition) is 0. The molecule has 0 heterocycles. The Bertz CT molecular complexity index is 824. The number of nitrogens with zero attached hydrogens (tertiary/aromatic N) is 1. The number of amides is 1. The Labute approximate surface area is 137 Å². The van der Waals surface area contributed by atoms with Crippen molar-refractivity contribution >= 4 is 15.7 Å². The molecule has 122 valence electrons. The van der Waals surface area contributed by atoms with Gasteiger partial charge in [-0.3, -0.25) is 4.79 Å². The molecule has 0 saturated carbocycles. The maximum atomic E-state index is 12.6. The first-order chi connectivity index (χ1) is 10.7. The van der Waals surface area contributed by atoms with Gasteiger partial charge < -0.3 is 4.90 Å². The molecule has 0 aliphatic heterocycles. The summed E-state index contributed by atoms with van der Waals surface area (Å²) in [5, 5.41) is 0. The van der Waals surface area contributed by atoms with Gasteiger partial charge in [0.15, 0.2) is 9.84 Å². The molecular formula is C18H21NO3S. The molecule has 0 aromatic heterocycles. The molecule has 2 rings (SSSR count). The second-order valence-corrected chi connectivity index (χ2v) is 7.91. The van der Waals surface area contributed by atoms with E-state index in [0.717, 1.165) is 17.4 Å². The summed E-state index contributed by atoms with van der Waals surface area (Å²) < 4.78 is 23.4. The highest BCUT2D eigenvalue weighted by Gasteiger charge is 2.17. The van der Waals surface area contributed by atoms with Crippen molar-refractivity contribution in [3.63, 3.8) is 0 Å². The quantitative estimate of drug-likeness (QED) is 0.865. The van der Waals surface area contributed by atoms with Crippen LogP contribution in [0.15, 0.2) is 47.4 Å². The summed E-state index contributed by atoms with van der Waals surface area (Å²) in [6.07, 6.45) is 1.14.